The summed E-state index contributed by atoms with van der Waals surface area (Å²) in [4.78, 5) is 24.3. The van der Waals surface area contributed by atoms with Crippen LogP contribution in [0.3, 0.4) is 0 Å². The van der Waals surface area contributed by atoms with Crippen molar-refractivity contribution >= 4 is 5.82 Å². The summed E-state index contributed by atoms with van der Waals surface area (Å²) < 4.78 is 64.7. The fraction of sp³-hybridized carbons (Fsp3) is 0.500. The average molecular weight is 389 g/mol. The van der Waals surface area contributed by atoms with Crippen molar-refractivity contribution in [1.82, 2.24) is 19.5 Å². The minimum atomic E-state index is -4.53. The van der Waals surface area contributed by atoms with E-state index < -0.39 is 29.5 Å². The molecule has 0 N–H and O–H groups in total. The van der Waals surface area contributed by atoms with Gasteiger partial charge in [-0.05, 0) is 18.8 Å². The molecular formula is C16H16F5N5O. The third kappa shape index (κ3) is 4.58. The molecule has 0 aromatic carbocycles. The number of hydrogen-bond acceptors (Lipinski definition) is 5. The van der Waals surface area contributed by atoms with Gasteiger partial charge in [-0.3, -0.25) is 9.36 Å². The Morgan fingerprint density at radius 1 is 1.11 bits per heavy atom. The van der Waals surface area contributed by atoms with Crippen LogP contribution < -0.4 is 10.5 Å². The molecule has 2 aromatic rings. The van der Waals surface area contributed by atoms with Crippen LogP contribution in [0.1, 0.15) is 30.7 Å². The molecular weight excluding hydrogens is 373 g/mol. The van der Waals surface area contributed by atoms with Crippen molar-refractivity contribution in [3.05, 3.63) is 46.5 Å². The standard InChI is InChI=1S/C16H16F5N5O/c17-15(18)11-5-14(27)26(9-24-11)7-10-1-3-25(4-2-10)13-6-12(16(19,20)21)22-8-23-13/h5-6,8-10,15H,1-4,7H2. The van der Waals surface area contributed by atoms with E-state index in [1.807, 2.05) is 0 Å². The Labute approximate surface area is 150 Å². The highest BCUT2D eigenvalue weighted by Crippen LogP contribution is 2.30. The van der Waals surface area contributed by atoms with Gasteiger partial charge >= 0.3 is 6.18 Å². The molecule has 0 saturated carbocycles. The van der Waals surface area contributed by atoms with Crippen molar-refractivity contribution in [3.63, 3.8) is 0 Å². The third-order valence-electron chi connectivity index (χ3n) is 4.46. The van der Waals surface area contributed by atoms with Crippen LogP contribution in [-0.2, 0) is 12.7 Å². The normalized spacial score (nSPS) is 16.1. The van der Waals surface area contributed by atoms with Crippen molar-refractivity contribution in [2.24, 2.45) is 5.92 Å². The Hall–Kier alpha value is -2.59. The second-order valence-electron chi connectivity index (χ2n) is 6.29. The maximum Gasteiger partial charge on any atom is 0.433 e. The molecule has 1 aliphatic heterocycles. The van der Waals surface area contributed by atoms with Gasteiger partial charge in [0.1, 0.15) is 23.5 Å². The van der Waals surface area contributed by atoms with Gasteiger partial charge in [0.15, 0.2) is 0 Å². The van der Waals surface area contributed by atoms with Crippen molar-refractivity contribution in [3.8, 4) is 0 Å². The molecule has 0 aliphatic carbocycles. The molecule has 0 amide bonds. The highest BCUT2D eigenvalue weighted by Gasteiger charge is 2.33. The van der Waals surface area contributed by atoms with E-state index in [0.29, 0.717) is 32.5 Å². The lowest BCUT2D eigenvalue weighted by molar-refractivity contribution is -0.141. The summed E-state index contributed by atoms with van der Waals surface area (Å²) >= 11 is 0. The first-order valence-corrected chi connectivity index (χ1v) is 8.23. The molecule has 2 aromatic heterocycles. The molecule has 0 bridgehead atoms. The fourth-order valence-corrected chi connectivity index (χ4v) is 2.99. The van der Waals surface area contributed by atoms with Crippen LogP contribution in [-0.4, -0.2) is 32.6 Å². The molecule has 0 atom stereocenters. The number of anilines is 1. The molecule has 11 heteroatoms. The largest absolute Gasteiger partial charge is 0.433 e. The van der Waals surface area contributed by atoms with Crippen LogP contribution >= 0.6 is 0 Å². The summed E-state index contributed by atoms with van der Waals surface area (Å²) in [6.45, 7) is 1.26. The molecule has 1 saturated heterocycles. The molecule has 27 heavy (non-hydrogen) atoms. The van der Waals surface area contributed by atoms with E-state index in [1.54, 1.807) is 4.90 Å². The predicted molar refractivity (Wildman–Crippen MR) is 85.4 cm³/mol. The first kappa shape index (κ1) is 19.2. The van der Waals surface area contributed by atoms with Gasteiger partial charge in [-0.1, -0.05) is 0 Å². The molecule has 0 unspecified atom stereocenters. The molecule has 1 fully saturated rings. The second kappa shape index (κ2) is 7.57. The van der Waals surface area contributed by atoms with E-state index >= 15 is 0 Å². The van der Waals surface area contributed by atoms with Crippen LogP contribution in [0.5, 0.6) is 0 Å². The topological polar surface area (TPSA) is 63.9 Å². The molecule has 0 spiro atoms. The second-order valence-corrected chi connectivity index (χ2v) is 6.29. The minimum absolute atomic E-state index is 0.0853. The summed E-state index contributed by atoms with van der Waals surface area (Å²) in [7, 11) is 0. The fourth-order valence-electron chi connectivity index (χ4n) is 2.99. The summed E-state index contributed by atoms with van der Waals surface area (Å²) in [6.07, 6.45) is -4.10. The van der Waals surface area contributed by atoms with E-state index in [4.69, 9.17) is 0 Å². The monoisotopic (exact) mass is 389 g/mol. The highest BCUT2D eigenvalue weighted by molar-refractivity contribution is 5.39. The molecule has 3 rings (SSSR count). The van der Waals surface area contributed by atoms with Crippen LogP contribution in [0.25, 0.3) is 0 Å². The zero-order valence-electron chi connectivity index (χ0n) is 14.0. The number of aromatic nitrogens is 4. The van der Waals surface area contributed by atoms with Gasteiger partial charge in [-0.25, -0.2) is 23.7 Å². The van der Waals surface area contributed by atoms with Gasteiger partial charge in [-0.15, -0.1) is 0 Å². The van der Waals surface area contributed by atoms with Crippen molar-refractivity contribution in [2.75, 3.05) is 18.0 Å². The van der Waals surface area contributed by atoms with Crippen LogP contribution in [0, 0.1) is 5.92 Å². The number of rotatable bonds is 4. The lowest BCUT2D eigenvalue weighted by Crippen LogP contribution is -2.37. The zero-order chi connectivity index (χ0) is 19.6. The molecule has 0 radical (unpaired) electrons. The van der Waals surface area contributed by atoms with Gasteiger partial charge in [0.2, 0.25) is 0 Å². The number of nitrogens with zero attached hydrogens (tertiary/aromatic N) is 5. The number of halogens is 5. The minimum Gasteiger partial charge on any atom is -0.356 e. The van der Waals surface area contributed by atoms with Crippen LogP contribution in [0.2, 0.25) is 0 Å². The summed E-state index contributed by atoms with van der Waals surface area (Å²) in [5, 5.41) is 0. The van der Waals surface area contributed by atoms with Crippen molar-refractivity contribution in [2.45, 2.75) is 32.0 Å². The summed E-state index contributed by atoms with van der Waals surface area (Å²) in [5.74, 6) is 0.290. The molecule has 146 valence electrons. The molecule has 6 nitrogen and oxygen atoms in total. The van der Waals surface area contributed by atoms with Gasteiger partial charge in [0, 0.05) is 31.8 Å². The lowest BCUT2D eigenvalue weighted by Gasteiger charge is -2.33. The number of hydrogen-bond donors (Lipinski definition) is 0. The van der Waals surface area contributed by atoms with E-state index in [0.717, 1.165) is 24.8 Å². The molecule has 3 heterocycles. The lowest BCUT2D eigenvalue weighted by atomic mass is 9.96. The Bertz CT molecular complexity index is 846. The SMILES string of the molecule is O=c1cc(C(F)F)ncn1CC1CCN(c2cc(C(F)(F)F)ncn2)CC1. The average Bonchev–Trinajstić information content (AvgIpc) is 2.63. The van der Waals surface area contributed by atoms with Crippen molar-refractivity contribution < 1.29 is 22.0 Å². The highest BCUT2D eigenvalue weighted by atomic mass is 19.4. The van der Waals surface area contributed by atoms with E-state index in [-0.39, 0.29) is 11.7 Å². The molecule has 1 aliphatic rings. The van der Waals surface area contributed by atoms with Gasteiger partial charge in [-0.2, -0.15) is 13.2 Å². The number of piperidine rings is 1. The zero-order valence-corrected chi connectivity index (χ0v) is 14.0. The maximum absolute atomic E-state index is 12.8. The maximum atomic E-state index is 12.8. The van der Waals surface area contributed by atoms with Crippen LogP contribution in [0.4, 0.5) is 27.8 Å². The first-order chi connectivity index (χ1) is 12.7. The summed E-state index contributed by atoms with van der Waals surface area (Å²) in [5.41, 5.74) is -2.10. The number of alkyl halides is 5. The Kier molecular flexibility index (Phi) is 5.38. The van der Waals surface area contributed by atoms with Gasteiger partial charge in [0.05, 0.1) is 6.33 Å². The Balaban J connectivity index is 1.62. The van der Waals surface area contributed by atoms with Gasteiger partial charge in [0.25, 0.3) is 12.0 Å². The van der Waals surface area contributed by atoms with E-state index in [2.05, 4.69) is 15.0 Å². The van der Waals surface area contributed by atoms with Crippen molar-refractivity contribution in [1.29, 1.82) is 0 Å². The first-order valence-electron chi connectivity index (χ1n) is 8.23. The van der Waals surface area contributed by atoms with Crippen LogP contribution in [0.15, 0.2) is 29.6 Å². The quantitative estimate of drug-likeness (QED) is 0.753. The smallest absolute Gasteiger partial charge is 0.356 e. The van der Waals surface area contributed by atoms with E-state index in [9.17, 15) is 26.7 Å². The predicted octanol–water partition coefficient (Wildman–Crippen LogP) is 2.91. The Morgan fingerprint density at radius 3 is 2.41 bits per heavy atom. The van der Waals surface area contributed by atoms with E-state index in [1.165, 1.54) is 4.57 Å². The third-order valence-corrected chi connectivity index (χ3v) is 4.46. The summed E-state index contributed by atoms with van der Waals surface area (Å²) in [6, 6.07) is 1.73. The Morgan fingerprint density at radius 2 is 1.81 bits per heavy atom. The van der Waals surface area contributed by atoms with Gasteiger partial charge < -0.3 is 4.90 Å².